The van der Waals surface area contributed by atoms with Gasteiger partial charge in [0, 0.05) is 23.5 Å². The summed E-state index contributed by atoms with van der Waals surface area (Å²) in [5.74, 6) is -1.57. The lowest BCUT2D eigenvalue weighted by Gasteiger charge is -2.08. The van der Waals surface area contributed by atoms with Gasteiger partial charge in [0.05, 0.1) is 6.54 Å². The maximum Gasteiger partial charge on any atom is 0.358 e. The molecular weight excluding hydrogens is 287 g/mol. The average molecular weight is 298 g/mol. The van der Waals surface area contributed by atoms with Crippen LogP contribution in [0.1, 0.15) is 16.1 Å². The molecule has 110 valence electrons. The second-order valence-corrected chi connectivity index (χ2v) is 4.58. The van der Waals surface area contributed by atoms with Gasteiger partial charge in [-0.25, -0.2) is 13.9 Å². The van der Waals surface area contributed by atoms with Gasteiger partial charge in [0.25, 0.3) is 0 Å². The molecule has 0 saturated heterocycles. The third-order valence-corrected chi connectivity index (χ3v) is 3.17. The van der Waals surface area contributed by atoms with Crippen molar-refractivity contribution in [2.45, 2.75) is 6.54 Å². The van der Waals surface area contributed by atoms with Gasteiger partial charge in [0.2, 0.25) is 0 Å². The van der Waals surface area contributed by atoms with Gasteiger partial charge < -0.3 is 5.11 Å². The van der Waals surface area contributed by atoms with E-state index in [4.69, 9.17) is 0 Å². The number of hydrogen-bond donors (Lipinski definition) is 1. The molecular formula is C15H11FN4O2. The van der Waals surface area contributed by atoms with Crippen LogP contribution < -0.4 is 0 Å². The van der Waals surface area contributed by atoms with Crippen molar-refractivity contribution in [2.75, 3.05) is 0 Å². The Morgan fingerprint density at radius 1 is 1.18 bits per heavy atom. The van der Waals surface area contributed by atoms with Gasteiger partial charge in [-0.3, -0.25) is 4.98 Å². The molecule has 1 aromatic carbocycles. The molecule has 3 aromatic rings. The molecule has 1 N–H and O–H groups in total. The summed E-state index contributed by atoms with van der Waals surface area (Å²) in [6.07, 6.45) is 3.09. The first kappa shape index (κ1) is 13.9. The molecule has 22 heavy (non-hydrogen) atoms. The first-order valence-corrected chi connectivity index (χ1v) is 6.47. The predicted molar refractivity (Wildman–Crippen MR) is 75.7 cm³/mol. The molecule has 3 rings (SSSR count). The zero-order valence-electron chi connectivity index (χ0n) is 11.3. The highest BCUT2D eigenvalue weighted by Crippen LogP contribution is 2.23. The van der Waals surface area contributed by atoms with Crippen molar-refractivity contribution >= 4 is 5.97 Å². The lowest BCUT2D eigenvalue weighted by Crippen LogP contribution is -2.07. The third kappa shape index (κ3) is 2.56. The Labute approximate surface area is 124 Å². The van der Waals surface area contributed by atoms with Gasteiger partial charge >= 0.3 is 5.97 Å². The summed E-state index contributed by atoms with van der Waals surface area (Å²) in [6.45, 7) is 0.0879. The Balaban J connectivity index is 2.09. The van der Waals surface area contributed by atoms with E-state index in [0.717, 1.165) is 0 Å². The largest absolute Gasteiger partial charge is 0.476 e. The van der Waals surface area contributed by atoms with Crippen molar-refractivity contribution in [1.82, 2.24) is 20.0 Å². The summed E-state index contributed by atoms with van der Waals surface area (Å²) in [7, 11) is 0. The van der Waals surface area contributed by atoms with Crippen LogP contribution in [0.3, 0.4) is 0 Å². The molecule has 0 aliphatic heterocycles. The molecule has 0 unspecified atom stereocenters. The van der Waals surface area contributed by atoms with E-state index in [1.807, 2.05) is 0 Å². The van der Waals surface area contributed by atoms with Gasteiger partial charge in [0.15, 0.2) is 5.69 Å². The van der Waals surface area contributed by atoms with Gasteiger partial charge in [-0.15, -0.1) is 5.10 Å². The second kappa shape index (κ2) is 5.72. The van der Waals surface area contributed by atoms with Crippen LogP contribution in [0, 0.1) is 5.82 Å². The summed E-state index contributed by atoms with van der Waals surface area (Å²) < 4.78 is 15.2. The molecule has 7 heteroatoms. The average Bonchev–Trinajstić information content (AvgIpc) is 2.94. The van der Waals surface area contributed by atoms with Crippen LogP contribution in [0.2, 0.25) is 0 Å². The standard InChI is InChI=1S/C15H11FN4O2/c16-12-4-2-1-3-11(12)9-20-14(10-5-7-17-8-6-10)13(15(21)22)18-19-20/h1-8H,9H2,(H,21,22). The molecule has 0 amide bonds. The van der Waals surface area contributed by atoms with E-state index >= 15 is 0 Å². The van der Waals surface area contributed by atoms with Crippen molar-refractivity contribution < 1.29 is 14.3 Å². The minimum atomic E-state index is -1.19. The summed E-state index contributed by atoms with van der Waals surface area (Å²) >= 11 is 0. The highest BCUT2D eigenvalue weighted by Gasteiger charge is 2.21. The van der Waals surface area contributed by atoms with Crippen LogP contribution in [0.25, 0.3) is 11.3 Å². The summed E-state index contributed by atoms with van der Waals surface area (Å²) in [5.41, 5.74) is 1.15. The van der Waals surface area contributed by atoms with Gasteiger partial charge in [-0.05, 0) is 18.2 Å². The lowest BCUT2D eigenvalue weighted by molar-refractivity contribution is 0.0691. The van der Waals surface area contributed by atoms with Crippen LogP contribution in [-0.2, 0) is 6.54 Å². The first-order chi connectivity index (χ1) is 10.7. The van der Waals surface area contributed by atoms with Crippen LogP contribution in [0.5, 0.6) is 0 Å². The third-order valence-electron chi connectivity index (χ3n) is 3.17. The normalized spacial score (nSPS) is 10.6. The van der Waals surface area contributed by atoms with Crippen LogP contribution in [0.4, 0.5) is 4.39 Å². The molecule has 2 heterocycles. The Morgan fingerprint density at radius 3 is 2.59 bits per heavy atom. The van der Waals surface area contributed by atoms with Crippen molar-refractivity contribution in [3.8, 4) is 11.3 Å². The Hall–Kier alpha value is -3.09. The zero-order chi connectivity index (χ0) is 15.5. The zero-order valence-corrected chi connectivity index (χ0v) is 11.3. The molecule has 0 saturated carbocycles. The van der Waals surface area contributed by atoms with Crippen molar-refractivity contribution in [1.29, 1.82) is 0 Å². The maximum atomic E-state index is 13.8. The number of rotatable bonds is 4. The molecule has 0 fully saturated rings. The number of benzene rings is 1. The quantitative estimate of drug-likeness (QED) is 0.798. The molecule has 0 spiro atoms. The number of carboxylic acid groups (broad SMARTS) is 1. The summed E-state index contributed by atoms with van der Waals surface area (Å²) in [4.78, 5) is 15.2. The van der Waals surface area contributed by atoms with Crippen LogP contribution in [0.15, 0.2) is 48.8 Å². The molecule has 0 bridgehead atoms. The Morgan fingerprint density at radius 2 is 1.91 bits per heavy atom. The number of aromatic carboxylic acids is 1. The smallest absolute Gasteiger partial charge is 0.358 e. The molecule has 2 aromatic heterocycles. The van der Waals surface area contributed by atoms with Crippen molar-refractivity contribution in [2.24, 2.45) is 0 Å². The van der Waals surface area contributed by atoms with E-state index in [0.29, 0.717) is 16.8 Å². The van der Waals surface area contributed by atoms with Crippen LogP contribution in [-0.4, -0.2) is 31.1 Å². The number of carbonyl (C=O) groups is 1. The van der Waals surface area contributed by atoms with Crippen LogP contribution >= 0.6 is 0 Å². The number of hydrogen-bond acceptors (Lipinski definition) is 4. The summed E-state index contributed by atoms with van der Waals surface area (Å²) in [6, 6.07) is 9.57. The number of nitrogens with zero attached hydrogens (tertiary/aromatic N) is 4. The number of aromatic nitrogens is 4. The fourth-order valence-electron chi connectivity index (χ4n) is 2.15. The maximum absolute atomic E-state index is 13.8. The molecule has 0 radical (unpaired) electrons. The Bertz CT molecular complexity index is 817. The van der Waals surface area contributed by atoms with E-state index in [-0.39, 0.29) is 18.1 Å². The first-order valence-electron chi connectivity index (χ1n) is 6.47. The van der Waals surface area contributed by atoms with E-state index in [1.54, 1.807) is 42.7 Å². The lowest BCUT2D eigenvalue weighted by atomic mass is 10.1. The highest BCUT2D eigenvalue weighted by atomic mass is 19.1. The second-order valence-electron chi connectivity index (χ2n) is 4.58. The molecule has 0 aliphatic rings. The molecule has 0 atom stereocenters. The molecule has 6 nitrogen and oxygen atoms in total. The van der Waals surface area contributed by atoms with E-state index in [1.165, 1.54) is 10.7 Å². The van der Waals surface area contributed by atoms with Crippen molar-refractivity contribution in [3.63, 3.8) is 0 Å². The Kier molecular flexibility index (Phi) is 3.61. The van der Waals surface area contributed by atoms with Crippen molar-refractivity contribution in [3.05, 3.63) is 65.9 Å². The van der Waals surface area contributed by atoms with Gasteiger partial charge in [-0.1, -0.05) is 23.4 Å². The van der Waals surface area contributed by atoms with Gasteiger partial charge in [-0.2, -0.15) is 0 Å². The monoisotopic (exact) mass is 298 g/mol. The fraction of sp³-hybridized carbons (Fsp3) is 0.0667. The SMILES string of the molecule is O=C(O)c1nnn(Cc2ccccc2F)c1-c1ccncc1. The highest BCUT2D eigenvalue weighted by molar-refractivity contribution is 5.92. The predicted octanol–water partition coefficient (Wildman–Crippen LogP) is 2.23. The number of pyridine rings is 1. The van der Waals surface area contributed by atoms with E-state index < -0.39 is 5.97 Å². The minimum Gasteiger partial charge on any atom is -0.476 e. The topological polar surface area (TPSA) is 80.9 Å². The van der Waals surface area contributed by atoms with E-state index in [9.17, 15) is 14.3 Å². The van der Waals surface area contributed by atoms with E-state index in [2.05, 4.69) is 15.3 Å². The molecule has 0 aliphatic carbocycles. The minimum absolute atomic E-state index is 0.0879. The number of carboxylic acids is 1. The number of halogens is 1. The fourth-order valence-corrected chi connectivity index (χ4v) is 2.15. The summed E-state index contributed by atoms with van der Waals surface area (Å²) in [5, 5.41) is 16.8. The van der Waals surface area contributed by atoms with Gasteiger partial charge in [0.1, 0.15) is 11.5 Å².